The van der Waals surface area contributed by atoms with E-state index in [2.05, 4.69) is 27.6 Å². The third kappa shape index (κ3) is 5.31. The summed E-state index contributed by atoms with van der Waals surface area (Å²) in [5.41, 5.74) is 3.09. The van der Waals surface area contributed by atoms with Gasteiger partial charge in [-0.1, -0.05) is 24.3 Å². The van der Waals surface area contributed by atoms with Gasteiger partial charge in [0.1, 0.15) is 0 Å². The molecule has 166 valence electrons. The summed E-state index contributed by atoms with van der Waals surface area (Å²) < 4.78 is 17.7. The number of benzene rings is 3. The zero-order chi connectivity index (χ0) is 23.4. The second-order valence-electron chi connectivity index (χ2n) is 7.19. The maximum absolute atomic E-state index is 12.4. The average molecular weight is 553 g/mol. The molecule has 0 spiro atoms. The Kier molecular flexibility index (Phi) is 6.88. The molecule has 33 heavy (non-hydrogen) atoms. The predicted molar refractivity (Wildman–Crippen MR) is 134 cm³/mol. The van der Waals surface area contributed by atoms with Crippen LogP contribution in [0.5, 0.6) is 11.5 Å². The molecule has 0 fully saturated rings. The summed E-state index contributed by atoms with van der Waals surface area (Å²) >= 11 is 2.25. The van der Waals surface area contributed by atoms with Gasteiger partial charge in [0.2, 0.25) is 5.90 Å². The molecule has 1 aliphatic heterocycles. The third-order valence-electron chi connectivity index (χ3n) is 4.81. The largest absolute Gasteiger partial charge is 0.490 e. The van der Waals surface area contributed by atoms with Crippen LogP contribution in [0.4, 0.5) is 0 Å². The molecule has 4 rings (SSSR count). The standard InChI is InChI=1S/C26H20INO5/c1-3-31-23-15-17(9-12-22(23)32-25(29)18-7-5-4-6-8-18)14-21-26(30)33-24(28-21)19-10-11-20(27)16(2)13-19/h4-15H,3H2,1-2H3/b21-14-. The van der Waals surface area contributed by atoms with E-state index in [1.54, 1.807) is 48.5 Å². The Morgan fingerprint density at radius 1 is 1.06 bits per heavy atom. The number of hydrogen-bond donors (Lipinski definition) is 0. The van der Waals surface area contributed by atoms with Gasteiger partial charge in [-0.25, -0.2) is 14.6 Å². The minimum atomic E-state index is -0.529. The molecule has 1 aliphatic rings. The molecule has 0 aliphatic carbocycles. The molecule has 0 N–H and O–H groups in total. The van der Waals surface area contributed by atoms with Crippen LogP contribution in [0.25, 0.3) is 6.08 Å². The van der Waals surface area contributed by atoms with Crippen LogP contribution in [0.1, 0.15) is 34.0 Å². The van der Waals surface area contributed by atoms with Crippen LogP contribution in [0.15, 0.2) is 77.4 Å². The lowest BCUT2D eigenvalue weighted by Gasteiger charge is -2.11. The fourth-order valence-corrected chi connectivity index (χ4v) is 3.50. The van der Waals surface area contributed by atoms with Crippen molar-refractivity contribution >= 4 is 46.5 Å². The van der Waals surface area contributed by atoms with Gasteiger partial charge < -0.3 is 14.2 Å². The number of carbonyl (C=O) groups is 2. The Morgan fingerprint density at radius 2 is 1.85 bits per heavy atom. The summed E-state index contributed by atoms with van der Waals surface area (Å²) in [6.45, 7) is 4.20. The first kappa shape index (κ1) is 22.7. The number of cyclic esters (lactones) is 1. The van der Waals surface area contributed by atoms with Gasteiger partial charge in [-0.15, -0.1) is 0 Å². The van der Waals surface area contributed by atoms with Crippen molar-refractivity contribution < 1.29 is 23.8 Å². The number of aliphatic imine (C=N–C) groups is 1. The molecule has 1 heterocycles. The summed E-state index contributed by atoms with van der Waals surface area (Å²) in [4.78, 5) is 29.2. The van der Waals surface area contributed by atoms with Crippen molar-refractivity contribution in [3.8, 4) is 11.5 Å². The van der Waals surface area contributed by atoms with Crippen LogP contribution in [-0.2, 0) is 9.53 Å². The molecule has 0 saturated heterocycles. The smallest absolute Gasteiger partial charge is 0.363 e. The van der Waals surface area contributed by atoms with Gasteiger partial charge in [-0.05, 0) is 96.1 Å². The number of esters is 2. The monoisotopic (exact) mass is 553 g/mol. The highest BCUT2D eigenvalue weighted by molar-refractivity contribution is 14.1. The zero-order valence-electron chi connectivity index (χ0n) is 18.0. The second kappa shape index (κ2) is 9.99. The second-order valence-corrected chi connectivity index (χ2v) is 8.36. The lowest BCUT2D eigenvalue weighted by Crippen LogP contribution is -2.09. The van der Waals surface area contributed by atoms with Crippen molar-refractivity contribution in [3.63, 3.8) is 0 Å². The van der Waals surface area contributed by atoms with Gasteiger partial charge in [0, 0.05) is 9.13 Å². The average Bonchev–Trinajstić information content (AvgIpc) is 3.18. The van der Waals surface area contributed by atoms with Crippen molar-refractivity contribution in [3.05, 3.63) is 98.3 Å². The van der Waals surface area contributed by atoms with Gasteiger partial charge in [-0.2, -0.15) is 0 Å². The number of ether oxygens (including phenoxy) is 3. The van der Waals surface area contributed by atoms with Crippen molar-refractivity contribution in [2.45, 2.75) is 13.8 Å². The van der Waals surface area contributed by atoms with Crippen LogP contribution in [0.2, 0.25) is 0 Å². The summed E-state index contributed by atoms with van der Waals surface area (Å²) in [7, 11) is 0. The molecular weight excluding hydrogens is 533 g/mol. The topological polar surface area (TPSA) is 74.2 Å². The first-order valence-corrected chi connectivity index (χ1v) is 11.4. The zero-order valence-corrected chi connectivity index (χ0v) is 20.2. The molecule has 6 nitrogen and oxygen atoms in total. The van der Waals surface area contributed by atoms with Crippen molar-refractivity contribution in [1.82, 2.24) is 0 Å². The van der Waals surface area contributed by atoms with Crippen molar-refractivity contribution in [2.75, 3.05) is 6.61 Å². The third-order valence-corrected chi connectivity index (χ3v) is 6.02. The lowest BCUT2D eigenvalue weighted by atomic mass is 10.1. The van der Waals surface area contributed by atoms with E-state index in [0.717, 1.165) is 14.7 Å². The highest BCUT2D eigenvalue weighted by atomic mass is 127. The fourth-order valence-electron chi connectivity index (χ4n) is 3.17. The van der Waals surface area contributed by atoms with Crippen LogP contribution in [-0.4, -0.2) is 24.4 Å². The fraction of sp³-hybridized carbons (Fsp3) is 0.115. The molecule has 0 atom stereocenters. The van der Waals surface area contributed by atoms with E-state index >= 15 is 0 Å². The molecule has 0 saturated carbocycles. The number of halogens is 1. The molecule has 7 heteroatoms. The molecular formula is C26H20INO5. The molecule has 0 bridgehead atoms. The normalized spacial score (nSPS) is 14.1. The Balaban J connectivity index is 1.60. The molecule has 0 radical (unpaired) electrons. The maximum Gasteiger partial charge on any atom is 0.363 e. The lowest BCUT2D eigenvalue weighted by molar-refractivity contribution is -0.129. The molecule has 0 unspecified atom stereocenters. The minimum absolute atomic E-state index is 0.178. The summed E-state index contributed by atoms with van der Waals surface area (Å²) in [5.74, 6) is -0.0626. The first-order valence-electron chi connectivity index (χ1n) is 10.3. The maximum atomic E-state index is 12.4. The van der Waals surface area contributed by atoms with E-state index in [4.69, 9.17) is 14.2 Å². The number of hydrogen-bond acceptors (Lipinski definition) is 6. The van der Waals surface area contributed by atoms with Gasteiger partial charge in [0.15, 0.2) is 17.2 Å². The molecule has 3 aromatic carbocycles. The Bertz CT molecular complexity index is 1280. The van der Waals surface area contributed by atoms with Gasteiger partial charge >= 0.3 is 11.9 Å². The highest BCUT2D eigenvalue weighted by Crippen LogP contribution is 2.31. The minimum Gasteiger partial charge on any atom is -0.490 e. The van der Waals surface area contributed by atoms with E-state index in [9.17, 15) is 9.59 Å². The molecule has 3 aromatic rings. The van der Waals surface area contributed by atoms with Crippen LogP contribution in [0.3, 0.4) is 0 Å². The van der Waals surface area contributed by atoms with Crippen molar-refractivity contribution in [2.24, 2.45) is 4.99 Å². The van der Waals surface area contributed by atoms with E-state index in [1.807, 2.05) is 38.1 Å². The summed E-state index contributed by atoms with van der Waals surface area (Å²) in [5, 5.41) is 0. The Labute approximate surface area is 205 Å². The molecule has 0 aromatic heterocycles. The van der Waals surface area contributed by atoms with Gasteiger partial charge in [0.05, 0.1) is 12.2 Å². The summed E-state index contributed by atoms with van der Waals surface area (Å²) in [6, 6.07) is 19.5. The quantitative estimate of drug-likeness (QED) is 0.173. The van der Waals surface area contributed by atoms with Crippen LogP contribution >= 0.6 is 22.6 Å². The first-order chi connectivity index (χ1) is 15.9. The number of nitrogens with zero attached hydrogens (tertiary/aromatic N) is 1. The van der Waals surface area contributed by atoms with E-state index in [-0.39, 0.29) is 11.6 Å². The van der Waals surface area contributed by atoms with Crippen LogP contribution < -0.4 is 9.47 Å². The SMILES string of the molecule is CCOc1cc(/C=C2\N=C(c3ccc(I)c(C)c3)OC2=O)ccc1OC(=O)c1ccccc1. The van der Waals surface area contributed by atoms with Gasteiger partial charge in [-0.3, -0.25) is 0 Å². The summed E-state index contributed by atoms with van der Waals surface area (Å²) in [6.07, 6.45) is 1.61. The highest BCUT2D eigenvalue weighted by Gasteiger charge is 2.24. The predicted octanol–water partition coefficient (Wildman–Crippen LogP) is 5.56. The Morgan fingerprint density at radius 3 is 2.58 bits per heavy atom. The van der Waals surface area contributed by atoms with E-state index in [1.165, 1.54) is 0 Å². The van der Waals surface area contributed by atoms with Crippen molar-refractivity contribution in [1.29, 1.82) is 0 Å². The van der Waals surface area contributed by atoms with Crippen LogP contribution in [0, 0.1) is 10.5 Å². The van der Waals surface area contributed by atoms with E-state index < -0.39 is 11.9 Å². The number of aryl methyl sites for hydroxylation is 1. The van der Waals surface area contributed by atoms with E-state index in [0.29, 0.717) is 29.2 Å². The Hall–Kier alpha value is -3.46. The number of carbonyl (C=O) groups excluding carboxylic acids is 2. The number of rotatable bonds is 6. The van der Waals surface area contributed by atoms with Gasteiger partial charge in [0.25, 0.3) is 0 Å². The molecule has 0 amide bonds.